The van der Waals surface area contributed by atoms with Crippen LogP contribution in [0.3, 0.4) is 0 Å². The molecule has 4 heteroatoms. The van der Waals surface area contributed by atoms with E-state index in [1.807, 2.05) is 24.3 Å². The monoisotopic (exact) mass is 434 g/mol. The first kappa shape index (κ1) is 19.9. The number of hydrazone groups is 1. The third-order valence-electron chi connectivity index (χ3n) is 6.45. The Morgan fingerprint density at radius 1 is 0.879 bits per heavy atom. The molecule has 2 unspecified atom stereocenters. The topological polar surface area (TPSA) is 34.1 Å². The molecule has 0 spiro atoms. The van der Waals surface area contributed by atoms with Gasteiger partial charge in [0.15, 0.2) is 0 Å². The minimum absolute atomic E-state index is 0.119. The Bertz CT molecular complexity index is 1340. The van der Waals surface area contributed by atoms with Gasteiger partial charge in [0.1, 0.15) is 11.5 Å². The largest absolute Gasteiger partial charge is 0.493 e. The van der Waals surface area contributed by atoms with Crippen molar-refractivity contribution in [3.05, 3.63) is 108 Å². The summed E-state index contributed by atoms with van der Waals surface area (Å²) in [7, 11) is 0. The van der Waals surface area contributed by atoms with Crippen LogP contribution in [-0.2, 0) is 0 Å². The van der Waals surface area contributed by atoms with Gasteiger partial charge in [-0.3, -0.25) is 0 Å². The van der Waals surface area contributed by atoms with Crippen LogP contribution >= 0.6 is 0 Å². The molecule has 164 valence electrons. The number of para-hydroxylation sites is 2. The molecule has 0 fully saturated rings. The van der Waals surface area contributed by atoms with Crippen molar-refractivity contribution < 1.29 is 9.47 Å². The molecule has 4 nitrogen and oxygen atoms in total. The fraction of sp³-hybridized carbons (Fsp3) is 0.207. The van der Waals surface area contributed by atoms with Crippen molar-refractivity contribution in [3.63, 3.8) is 0 Å². The summed E-state index contributed by atoms with van der Waals surface area (Å²) in [5.41, 5.74) is 4.47. The van der Waals surface area contributed by atoms with Gasteiger partial charge in [-0.25, -0.2) is 5.01 Å². The number of nitrogens with zero attached hydrogens (tertiary/aromatic N) is 2. The molecular weight excluding hydrogens is 408 g/mol. The van der Waals surface area contributed by atoms with Crippen LogP contribution in [0.5, 0.6) is 11.5 Å². The van der Waals surface area contributed by atoms with Gasteiger partial charge in [0.2, 0.25) is 6.23 Å². The summed E-state index contributed by atoms with van der Waals surface area (Å²) in [6.07, 6.45) is 1.45. The molecule has 0 radical (unpaired) electrons. The highest BCUT2D eigenvalue weighted by molar-refractivity contribution is 6.11. The number of rotatable bonds is 5. The lowest BCUT2D eigenvalue weighted by atomic mass is 9.93. The quantitative estimate of drug-likeness (QED) is 0.344. The highest BCUT2D eigenvalue weighted by atomic mass is 16.5. The minimum Gasteiger partial charge on any atom is -0.493 e. The van der Waals surface area contributed by atoms with Crippen LogP contribution in [0.15, 0.2) is 96.1 Å². The molecule has 4 aromatic rings. The number of ether oxygens (including phenoxy) is 2. The maximum atomic E-state index is 6.56. The molecule has 0 N–H and O–H groups in total. The Labute approximate surface area is 194 Å². The predicted octanol–water partition coefficient (Wildman–Crippen LogP) is 6.87. The second-order valence-electron chi connectivity index (χ2n) is 8.57. The zero-order chi connectivity index (χ0) is 22.2. The molecule has 6 rings (SSSR count). The molecule has 4 aromatic carbocycles. The lowest BCUT2D eigenvalue weighted by molar-refractivity contribution is -0.0206. The maximum Gasteiger partial charge on any atom is 0.217 e. The van der Waals surface area contributed by atoms with E-state index in [4.69, 9.17) is 14.6 Å². The summed E-state index contributed by atoms with van der Waals surface area (Å²) in [6, 6.07) is 31.6. The van der Waals surface area contributed by atoms with Gasteiger partial charge in [0, 0.05) is 17.5 Å². The summed E-state index contributed by atoms with van der Waals surface area (Å²) in [5.74, 6) is 1.78. The molecule has 0 aromatic heterocycles. The number of fused-ring (bicyclic) bond motifs is 4. The lowest BCUT2D eigenvalue weighted by Gasteiger charge is -2.38. The third-order valence-corrected chi connectivity index (χ3v) is 6.45. The Hall–Kier alpha value is -3.79. The number of hydrogen-bond donors (Lipinski definition) is 0. The van der Waals surface area contributed by atoms with E-state index in [9.17, 15) is 0 Å². The molecule has 0 bridgehead atoms. The molecule has 0 saturated carbocycles. The van der Waals surface area contributed by atoms with Gasteiger partial charge < -0.3 is 9.47 Å². The smallest absolute Gasteiger partial charge is 0.217 e. The Morgan fingerprint density at radius 3 is 2.55 bits per heavy atom. The fourth-order valence-electron chi connectivity index (χ4n) is 4.91. The average molecular weight is 435 g/mol. The van der Waals surface area contributed by atoms with Crippen molar-refractivity contribution in [2.45, 2.75) is 32.0 Å². The highest BCUT2D eigenvalue weighted by Crippen LogP contribution is 2.49. The van der Waals surface area contributed by atoms with Crippen molar-refractivity contribution in [3.8, 4) is 11.5 Å². The summed E-state index contributed by atoms with van der Waals surface area (Å²) in [4.78, 5) is 0. The van der Waals surface area contributed by atoms with Gasteiger partial charge in [0.05, 0.1) is 23.9 Å². The average Bonchev–Trinajstić information content (AvgIpc) is 3.32. The van der Waals surface area contributed by atoms with Crippen LogP contribution in [0.2, 0.25) is 0 Å². The normalized spacial score (nSPS) is 18.9. The maximum absolute atomic E-state index is 6.56. The van der Waals surface area contributed by atoms with Crippen molar-refractivity contribution in [2.24, 2.45) is 5.10 Å². The molecule has 0 amide bonds. The molecule has 2 heterocycles. The van der Waals surface area contributed by atoms with Crippen LogP contribution in [0.1, 0.15) is 48.7 Å². The Morgan fingerprint density at radius 2 is 1.64 bits per heavy atom. The second-order valence-corrected chi connectivity index (χ2v) is 8.57. The zero-order valence-corrected chi connectivity index (χ0v) is 18.6. The first-order valence-electron chi connectivity index (χ1n) is 11.6. The highest BCUT2D eigenvalue weighted by Gasteiger charge is 2.42. The zero-order valence-electron chi connectivity index (χ0n) is 18.6. The van der Waals surface area contributed by atoms with Gasteiger partial charge in [-0.2, -0.15) is 5.10 Å². The van der Waals surface area contributed by atoms with Gasteiger partial charge in [0.25, 0.3) is 0 Å². The first-order chi connectivity index (χ1) is 16.3. The standard InChI is InChI=1S/C29H26N2O2/c1-2-18-32-27-16-7-6-14-24(27)29-31-26(23-13-5-8-17-28(23)33-29)19-25(30-31)22-15-9-11-20-10-3-4-12-21(20)22/h3-17,26,29H,2,18-19H2,1H3. The van der Waals surface area contributed by atoms with Crippen molar-refractivity contribution >= 4 is 16.5 Å². The molecule has 33 heavy (non-hydrogen) atoms. The van der Waals surface area contributed by atoms with Gasteiger partial charge in [-0.15, -0.1) is 0 Å². The summed E-state index contributed by atoms with van der Waals surface area (Å²) >= 11 is 0. The third kappa shape index (κ3) is 3.43. The van der Waals surface area contributed by atoms with E-state index in [2.05, 4.69) is 78.7 Å². The SMILES string of the molecule is CCCOc1ccccc1C1Oc2ccccc2C2CC(c3cccc4ccccc34)=NN21. The summed E-state index contributed by atoms with van der Waals surface area (Å²) < 4.78 is 12.7. The van der Waals surface area contributed by atoms with E-state index in [0.717, 1.165) is 35.6 Å². The molecule has 0 aliphatic carbocycles. The van der Waals surface area contributed by atoms with E-state index in [-0.39, 0.29) is 12.3 Å². The van der Waals surface area contributed by atoms with Crippen molar-refractivity contribution in [1.29, 1.82) is 0 Å². The van der Waals surface area contributed by atoms with Gasteiger partial charge >= 0.3 is 0 Å². The van der Waals surface area contributed by atoms with Gasteiger partial charge in [-0.05, 0) is 35.4 Å². The predicted molar refractivity (Wildman–Crippen MR) is 132 cm³/mol. The van der Waals surface area contributed by atoms with Crippen LogP contribution in [0.25, 0.3) is 10.8 Å². The van der Waals surface area contributed by atoms with Crippen molar-refractivity contribution in [2.75, 3.05) is 6.61 Å². The van der Waals surface area contributed by atoms with E-state index < -0.39 is 0 Å². The van der Waals surface area contributed by atoms with Crippen molar-refractivity contribution in [1.82, 2.24) is 5.01 Å². The van der Waals surface area contributed by atoms with Crippen LogP contribution in [-0.4, -0.2) is 17.3 Å². The second kappa shape index (κ2) is 8.28. The minimum atomic E-state index is -0.342. The van der Waals surface area contributed by atoms with Gasteiger partial charge in [-0.1, -0.05) is 79.7 Å². The summed E-state index contributed by atoms with van der Waals surface area (Å²) in [6.45, 7) is 2.79. The Balaban J connectivity index is 1.47. The van der Waals surface area contributed by atoms with Crippen LogP contribution < -0.4 is 9.47 Å². The number of hydrogen-bond acceptors (Lipinski definition) is 4. The van der Waals surface area contributed by atoms with E-state index >= 15 is 0 Å². The number of benzene rings is 4. The molecule has 2 aliphatic heterocycles. The molecule has 2 atom stereocenters. The lowest BCUT2D eigenvalue weighted by Crippen LogP contribution is -2.34. The summed E-state index contributed by atoms with van der Waals surface area (Å²) in [5, 5.41) is 9.77. The Kier molecular flexibility index (Phi) is 4.99. The van der Waals surface area contributed by atoms with E-state index in [1.165, 1.54) is 21.9 Å². The fourth-order valence-corrected chi connectivity index (χ4v) is 4.91. The molecule has 0 saturated heterocycles. The van der Waals surface area contributed by atoms with Crippen LogP contribution in [0, 0.1) is 0 Å². The van der Waals surface area contributed by atoms with Crippen LogP contribution in [0.4, 0.5) is 0 Å². The van der Waals surface area contributed by atoms with E-state index in [1.54, 1.807) is 0 Å². The molecular formula is C29H26N2O2. The first-order valence-corrected chi connectivity index (χ1v) is 11.6. The van der Waals surface area contributed by atoms with E-state index in [0.29, 0.717) is 6.61 Å². The molecule has 2 aliphatic rings.